The number of hydrogen-bond acceptors (Lipinski definition) is 4. The van der Waals surface area contributed by atoms with Crippen LogP contribution in [-0.4, -0.2) is 13.1 Å². The number of aryl methyl sites for hydroxylation is 1. The van der Waals surface area contributed by atoms with Crippen LogP contribution in [0, 0.1) is 0 Å². The molecule has 4 heteroatoms. The van der Waals surface area contributed by atoms with E-state index in [0.717, 1.165) is 12.2 Å². The van der Waals surface area contributed by atoms with Crippen LogP contribution in [0.5, 0.6) is 5.75 Å². The van der Waals surface area contributed by atoms with Gasteiger partial charge in [-0.3, -0.25) is 0 Å². The number of rotatable bonds is 5. The van der Waals surface area contributed by atoms with Gasteiger partial charge in [0.15, 0.2) is 6.10 Å². The monoisotopic (exact) mass is 274 g/mol. The van der Waals surface area contributed by atoms with E-state index in [2.05, 4.69) is 17.7 Å². The molecule has 20 heavy (non-hydrogen) atoms. The summed E-state index contributed by atoms with van der Waals surface area (Å²) in [6.07, 6.45) is 0.680. The first kappa shape index (κ1) is 14.2. The molecule has 0 fully saturated rings. The second-order valence-electron chi connectivity index (χ2n) is 4.45. The van der Waals surface area contributed by atoms with Crippen molar-refractivity contribution in [1.29, 1.82) is 0 Å². The molecule has 0 aliphatic heterocycles. The van der Waals surface area contributed by atoms with Crippen LogP contribution in [0.2, 0.25) is 0 Å². The lowest BCUT2D eigenvalue weighted by Crippen LogP contribution is -2.03. The highest BCUT2D eigenvalue weighted by atomic mass is 16.5. The lowest BCUT2D eigenvalue weighted by atomic mass is 10.1. The van der Waals surface area contributed by atoms with Crippen LogP contribution >= 0.6 is 0 Å². The number of methoxy groups -OCH3 is 1. The fourth-order valence-electron chi connectivity index (χ4n) is 1.88. The molecule has 0 N–H and O–H groups in total. The van der Waals surface area contributed by atoms with E-state index in [1.54, 1.807) is 12.1 Å². The Hall–Kier alpha value is -2.23. The topological polar surface area (TPSA) is 48.7 Å². The summed E-state index contributed by atoms with van der Waals surface area (Å²) in [5, 5.41) is 0. The zero-order valence-electron chi connectivity index (χ0n) is 11.9. The third kappa shape index (κ3) is 3.20. The average Bonchev–Trinajstić information content (AvgIpc) is 2.96. The smallest absolute Gasteiger partial charge is 0.373 e. The summed E-state index contributed by atoms with van der Waals surface area (Å²) < 4.78 is 15.9. The van der Waals surface area contributed by atoms with Crippen LogP contribution in [0.25, 0.3) is 0 Å². The predicted molar refractivity (Wildman–Crippen MR) is 74.9 cm³/mol. The number of ether oxygens (including phenoxy) is 2. The number of carbonyl (C=O) groups excluding carboxylic acids is 1. The number of esters is 1. The maximum absolute atomic E-state index is 11.3. The van der Waals surface area contributed by atoms with Gasteiger partial charge in [-0.1, -0.05) is 19.1 Å². The molecule has 0 spiro atoms. The number of furan rings is 1. The van der Waals surface area contributed by atoms with E-state index in [4.69, 9.17) is 9.15 Å². The Morgan fingerprint density at radius 3 is 2.80 bits per heavy atom. The number of benzene rings is 1. The molecule has 1 aromatic carbocycles. The molecule has 4 nitrogen and oxygen atoms in total. The van der Waals surface area contributed by atoms with E-state index in [-0.39, 0.29) is 11.9 Å². The molecule has 2 rings (SSSR count). The summed E-state index contributed by atoms with van der Waals surface area (Å²) in [6, 6.07) is 11.2. The van der Waals surface area contributed by atoms with Crippen molar-refractivity contribution in [3.8, 4) is 5.75 Å². The Morgan fingerprint density at radius 1 is 1.30 bits per heavy atom. The van der Waals surface area contributed by atoms with Gasteiger partial charge in [-0.25, -0.2) is 4.79 Å². The van der Waals surface area contributed by atoms with E-state index >= 15 is 0 Å². The van der Waals surface area contributed by atoms with Crippen LogP contribution in [0.3, 0.4) is 0 Å². The minimum Gasteiger partial charge on any atom is -0.483 e. The molecule has 2 aromatic rings. The van der Waals surface area contributed by atoms with Crippen LogP contribution in [-0.2, 0) is 11.2 Å². The van der Waals surface area contributed by atoms with E-state index < -0.39 is 5.97 Å². The quantitative estimate of drug-likeness (QED) is 0.779. The van der Waals surface area contributed by atoms with Crippen molar-refractivity contribution in [2.45, 2.75) is 26.4 Å². The fraction of sp³-hybridized carbons (Fsp3) is 0.312. The lowest BCUT2D eigenvalue weighted by Gasteiger charge is -2.13. The van der Waals surface area contributed by atoms with E-state index in [0.29, 0.717) is 5.76 Å². The van der Waals surface area contributed by atoms with Crippen LogP contribution in [0.15, 0.2) is 40.8 Å². The molecule has 0 amide bonds. The Kier molecular flexibility index (Phi) is 4.45. The molecule has 0 radical (unpaired) electrons. The Labute approximate surface area is 118 Å². The molecule has 1 unspecified atom stereocenters. The Bertz CT molecular complexity index is 586. The summed E-state index contributed by atoms with van der Waals surface area (Å²) >= 11 is 0. The van der Waals surface area contributed by atoms with Gasteiger partial charge in [0.25, 0.3) is 0 Å². The van der Waals surface area contributed by atoms with Crippen LogP contribution in [0.1, 0.15) is 41.8 Å². The van der Waals surface area contributed by atoms with Gasteiger partial charge in [0.05, 0.1) is 7.11 Å². The summed E-state index contributed by atoms with van der Waals surface area (Å²) in [5.41, 5.74) is 1.21. The van der Waals surface area contributed by atoms with Crippen LogP contribution < -0.4 is 4.74 Å². The minimum absolute atomic E-state index is 0.181. The van der Waals surface area contributed by atoms with Gasteiger partial charge in [0, 0.05) is 0 Å². The molecule has 0 aliphatic carbocycles. The van der Waals surface area contributed by atoms with Crippen molar-refractivity contribution in [3.05, 3.63) is 53.5 Å². The summed E-state index contributed by atoms with van der Waals surface area (Å²) in [6.45, 7) is 3.97. The van der Waals surface area contributed by atoms with Gasteiger partial charge < -0.3 is 13.9 Å². The SMILES string of the molecule is CCc1cccc(OC(C)c2ccc(C(=O)OC)o2)c1. The third-order valence-electron chi connectivity index (χ3n) is 3.03. The molecule has 106 valence electrons. The standard InChI is InChI=1S/C16H18O4/c1-4-12-6-5-7-13(10-12)19-11(2)14-8-9-15(20-14)16(17)18-3/h5-11H,4H2,1-3H3. The summed E-state index contributed by atoms with van der Waals surface area (Å²) in [4.78, 5) is 11.3. The van der Waals surface area contributed by atoms with E-state index in [9.17, 15) is 4.79 Å². The highest BCUT2D eigenvalue weighted by molar-refractivity contribution is 5.86. The first-order valence-electron chi connectivity index (χ1n) is 6.57. The average molecular weight is 274 g/mol. The van der Waals surface area contributed by atoms with E-state index in [1.807, 2.05) is 25.1 Å². The normalized spacial score (nSPS) is 11.9. The Balaban J connectivity index is 2.09. The molecule has 1 aromatic heterocycles. The summed E-state index contributed by atoms with van der Waals surface area (Å²) in [5.74, 6) is 1.07. The predicted octanol–water partition coefficient (Wildman–Crippen LogP) is 3.77. The van der Waals surface area contributed by atoms with Gasteiger partial charge in [-0.15, -0.1) is 0 Å². The molecule has 1 atom stereocenters. The molecular weight excluding hydrogens is 256 g/mol. The third-order valence-corrected chi connectivity index (χ3v) is 3.03. The largest absolute Gasteiger partial charge is 0.483 e. The molecule has 0 saturated carbocycles. The van der Waals surface area contributed by atoms with Crippen molar-refractivity contribution in [3.63, 3.8) is 0 Å². The molecule has 0 aliphatic rings. The maximum Gasteiger partial charge on any atom is 0.373 e. The zero-order valence-corrected chi connectivity index (χ0v) is 11.9. The van der Waals surface area contributed by atoms with Crippen molar-refractivity contribution >= 4 is 5.97 Å². The highest BCUT2D eigenvalue weighted by Crippen LogP contribution is 2.24. The van der Waals surface area contributed by atoms with Gasteiger partial charge in [-0.2, -0.15) is 0 Å². The van der Waals surface area contributed by atoms with Gasteiger partial charge >= 0.3 is 5.97 Å². The van der Waals surface area contributed by atoms with Gasteiger partial charge in [-0.05, 0) is 43.2 Å². The van der Waals surface area contributed by atoms with Crippen molar-refractivity contribution < 1.29 is 18.7 Å². The zero-order chi connectivity index (χ0) is 14.5. The minimum atomic E-state index is -0.489. The molecule has 0 saturated heterocycles. The molecular formula is C16H18O4. The highest BCUT2D eigenvalue weighted by Gasteiger charge is 2.16. The van der Waals surface area contributed by atoms with Gasteiger partial charge in [0.2, 0.25) is 5.76 Å². The van der Waals surface area contributed by atoms with Gasteiger partial charge in [0.1, 0.15) is 11.5 Å². The second-order valence-corrected chi connectivity index (χ2v) is 4.45. The molecule has 1 heterocycles. The van der Waals surface area contributed by atoms with Crippen molar-refractivity contribution in [2.24, 2.45) is 0 Å². The lowest BCUT2D eigenvalue weighted by molar-refractivity contribution is 0.0558. The van der Waals surface area contributed by atoms with E-state index in [1.165, 1.54) is 12.7 Å². The number of carbonyl (C=O) groups is 1. The molecule has 0 bridgehead atoms. The van der Waals surface area contributed by atoms with Crippen molar-refractivity contribution in [2.75, 3.05) is 7.11 Å². The first-order chi connectivity index (χ1) is 9.63. The van der Waals surface area contributed by atoms with Crippen LogP contribution in [0.4, 0.5) is 0 Å². The summed E-state index contributed by atoms with van der Waals surface area (Å²) in [7, 11) is 1.32. The fourth-order valence-corrected chi connectivity index (χ4v) is 1.88. The Morgan fingerprint density at radius 2 is 2.10 bits per heavy atom. The maximum atomic E-state index is 11.3. The van der Waals surface area contributed by atoms with Crippen molar-refractivity contribution in [1.82, 2.24) is 0 Å². The number of hydrogen-bond donors (Lipinski definition) is 0. The second kappa shape index (κ2) is 6.28. The first-order valence-corrected chi connectivity index (χ1v) is 6.57.